The first-order chi connectivity index (χ1) is 14.0. The Kier molecular flexibility index (Phi) is 4.87. The van der Waals surface area contributed by atoms with E-state index >= 15 is 0 Å². The van der Waals surface area contributed by atoms with Crippen LogP contribution < -0.4 is 0 Å². The van der Waals surface area contributed by atoms with Crippen LogP contribution in [0.25, 0.3) is 21.6 Å². The first kappa shape index (κ1) is 18.8. The van der Waals surface area contributed by atoms with Gasteiger partial charge in [0.1, 0.15) is 0 Å². The third-order valence-electron chi connectivity index (χ3n) is 4.82. The molecule has 29 heavy (non-hydrogen) atoms. The van der Waals surface area contributed by atoms with Crippen LogP contribution in [0.1, 0.15) is 27.2 Å². The summed E-state index contributed by atoms with van der Waals surface area (Å²) in [4.78, 5) is 20.8. The third kappa shape index (κ3) is 3.50. The number of aromatic nitrogens is 3. The number of thiophene rings is 1. The molecular formula is C22H19N5OS. The monoisotopic (exact) mass is 401 g/mol. The van der Waals surface area contributed by atoms with Crippen LogP contribution in [0, 0.1) is 18.3 Å². The lowest BCUT2D eigenvalue weighted by molar-refractivity contribution is 0.0787. The average Bonchev–Trinajstić information content (AvgIpc) is 3.36. The summed E-state index contributed by atoms with van der Waals surface area (Å²) in [5, 5.41) is 16.2. The summed E-state index contributed by atoms with van der Waals surface area (Å²) < 4.78 is 1.72. The average molecular weight is 401 g/mol. The van der Waals surface area contributed by atoms with Gasteiger partial charge >= 0.3 is 0 Å². The van der Waals surface area contributed by atoms with E-state index in [1.807, 2.05) is 49.7 Å². The maximum atomic E-state index is 13.4. The van der Waals surface area contributed by atoms with Gasteiger partial charge in [0, 0.05) is 20.6 Å². The van der Waals surface area contributed by atoms with E-state index in [9.17, 15) is 4.79 Å². The second-order valence-electron chi connectivity index (χ2n) is 6.91. The van der Waals surface area contributed by atoms with Gasteiger partial charge in [0.25, 0.3) is 5.91 Å². The number of carbonyl (C=O) groups is 1. The van der Waals surface area contributed by atoms with Crippen LogP contribution in [-0.2, 0) is 13.6 Å². The predicted octanol–water partition coefficient (Wildman–Crippen LogP) is 4.15. The zero-order valence-electron chi connectivity index (χ0n) is 16.4. The van der Waals surface area contributed by atoms with Crippen molar-refractivity contribution in [1.82, 2.24) is 19.7 Å². The van der Waals surface area contributed by atoms with E-state index in [0.717, 1.165) is 27.2 Å². The van der Waals surface area contributed by atoms with Crippen LogP contribution in [0.2, 0.25) is 0 Å². The molecule has 1 aromatic carbocycles. The molecule has 0 saturated carbocycles. The maximum Gasteiger partial charge on any atom is 0.254 e. The first-order valence-corrected chi connectivity index (χ1v) is 9.98. The van der Waals surface area contributed by atoms with Gasteiger partial charge in [-0.25, -0.2) is 4.98 Å². The van der Waals surface area contributed by atoms with Gasteiger partial charge in [0.05, 0.1) is 38.8 Å². The summed E-state index contributed by atoms with van der Waals surface area (Å²) >= 11 is 1.59. The fraction of sp³-hybridized carbons (Fsp3) is 0.182. The topological polar surface area (TPSA) is 74.8 Å². The molecule has 0 bridgehead atoms. The van der Waals surface area contributed by atoms with E-state index in [1.54, 1.807) is 40.1 Å². The number of nitrogens with zero attached hydrogens (tertiary/aromatic N) is 5. The summed E-state index contributed by atoms with van der Waals surface area (Å²) in [7, 11) is 3.62. The molecule has 4 rings (SSSR count). The molecule has 0 fully saturated rings. The molecular weight excluding hydrogens is 382 g/mol. The van der Waals surface area contributed by atoms with Gasteiger partial charge in [-0.2, -0.15) is 10.4 Å². The quantitative estimate of drug-likeness (QED) is 0.515. The van der Waals surface area contributed by atoms with Gasteiger partial charge in [-0.3, -0.25) is 9.48 Å². The molecule has 0 radical (unpaired) electrons. The van der Waals surface area contributed by atoms with Gasteiger partial charge in [-0.1, -0.05) is 18.2 Å². The van der Waals surface area contributed by atoms with Gasteiger partial charge in [0.2, 0.25) is 0 Å². The summed E-state index contributed by atoms with van der Waals surface area (Å²) in [5.41, 5.74) is 4.41. The Morgan fingerprint density at radius 3 is 2.69 bits per heavy atom. The van der Waals surface area contributed by atoms with Gasteiger partial charge < -0.3 is 4.90 Å². The molecule has 3 aromatic heterocycles. The lowest BCUT2D eigenvalue weighted by Gasteiger charge is -2.18. The number of benzene rings is 1. The summed E-state index contributed by atoms with van der Waals surface area (Å²) in [6.07, 6.45) is 0. The van der Waals surface area contributed by atoms with E-state index < -0.39 is 0 Å². The molecule has 4 aromatic rings. The third-order valence-corrected chi connectivity index (χ3v) is 5.71. The standard InChI is InChI=1S/C22H19N5OS/c1-14-20-17(22(28)26(2)13-16-8-6-15(12-23)7-9-16)11-18(19-5-4-10-29-19)24-21(20)27(3)25-14/h4-11H,13H2,1-3H3. The SMILES string of the molecule is Cc1nn(C)c2nc(-c3cccs3)cc(C(=O)N(C)Cc3ccc(C#N)cc3)c12. The second-order valence-corrected chi connectivity index (χ2v) is 7.86. The Labute approximate surface area is 172 Å². The molecule has 0 aliphatic rings. The first-order valence-electron chi connectivity index (χ1n) is 9.10. The highest BCUT2D eigenvalue weighted by Gasteiger charge is 2.22. The van der Waals surface area contributed by atoms with Crippen molar-refractivity contribution in [3.05, 3.63) is 70.2 Å². The molecule has 144 valence electrons. The van der Waals surface area contributed by atoms with E-state index in [2.05, 4.69) is 11.2 Å². The Morgan fingerprint density at radius 2 is 2.03 bits per heavy atom. The number of pyridine rings is 1. The minimum absolute atomic E-state index is 0.0873. The fourth-order valence-corrected chi connectivity index (χ4v) is 4.09. The Morgan fingerprint density at radius 1 is 1.28 bits per heavy atom. The number of aryl methyl sites for hydroxylation is 2. The number of rotatable bonds is 4. The Bertz CT molecular complexity index is 1230. The summed E-state index contributed by atoms with van der Waals surface area (Å²) in [6.45, 7) is 2.34. The van der Waals surface area contributed by atoms with E-state index in [1.165, 1.54) is 0 Å². The molecule has 0 aliphatic heterocycles. The normalized spacial score (nSPS) is 10.8. The lowest BCUT2D eigenvalue weighted by atomic mass is 10.1. The van der Waals surface area contributed by atoms with Crippen LogP contribution in [0.5, 0.6) is 0 Å². The highest BCUT2D eigenvalue weighted by Crippen LogP contribution is 2.30. The van der Waals surface area contributed by atoms with E-state index in [0.29, 0.717) is 23.3 Å². The number of nitriles is 1. The van der Waals surface area contributed by atoms with Crippen molar-refractivity contribution in [3.63, 3.8) is 0 Å². The maximum absolute atomic E-state index is 13.4. The molecule has 0 saturated heterocycles. The fourth-order valence-electron chi connectivity index (χ4n) is 3.40. The number of amides is 1. The Balaban J connectivity index is 1.75. The molecule has 7 heteroatoms. The van der Waals surface area contributed by atoms with Crippen molar-refractivity contribution in [3.8, 4) is 16.6 Å². The smallest absolute Gasteiger partial charge is 0.254 e. The van der Waals surface area contributed by atoms with Crippen LogP contribution in [0.4, 0.5) is 0 Å². The van der Waals surface area contributed by atoms with Crippen LogP contribution in [0.15, 0.2) is 47.8 Å². The van der Waals surface area contributed by atoms with E-state index in [-0.39, 0.29) is 5.91 Å². The minimum atomic E-state index is -0.0873. The number of fused-ring (bicyclic) bond motifs is 1. The lowest BCUT2D eigenvalue weighted by Crippen LogP contribution is -2.26. The molecule has 0 atom stereocenters. The molecule has 3 heterocycles. The van der Waals surface area contributed by atoms with Crippen molar-refractivity contribution < 1.29 is 4.79 Å². The van der Waals surface area contributed by atoms with Gasteiger partial charge in [0.15, 0.2) is 5.65 Å². The Hall–Kier alpha value is -3.50. The zero-order valence-corrected chi connectivity index (χ0v) is 17.2. The summed E-state index contributed by atoms with van der Waals surface area (Å²) in [6, 6.07) is 15.2. The van der Waals surface area contributed by atoms with Crippen molar-refractivity contribution in [2.45, 2.75) is 13.5 Å². The second kappa shape index (κ2) is 7.49. The summed E-state index contributed by atoms with van der Waals surface area (Å²) in [5.74, 6) is -0.0873. The van der Waals surface area contributed by atoms with Crippen LogP contribution >= 0.6 is 11.3 Å². The van der Waals surface area contributed by atoms with E-state index in [4.69, 9.17) is 10.2 Å². The van der Waals surface area contributed by atoms with Crippen molar-refractivity contribution in [1.29, 1.82) is 5.26 Å². The molecule has 6 nitrogen and oxygen atoms in total. The number of hydrogen-bond acceptors (Lipinski definition) is 5. The molecule has 0 unspecified atom stereocenters. The van der Waals surface area contributed by atoms with Crippen molar-refractivity contribution >= 4 is 28.3 Å². The van der Waals surface area contributed by atoms with Crippen molar-refractivity contribution in [2.75, 3.05) is 7.05 Å². The van der Waals surface area contributed by atoms with Gasteiger partial charge in [-0.05, 0) is 42.1 Å². The minimum Gasteiger partial charge on any atom is -0.337 e. The molecule has 0 spiro atoms. The highest BCUT2D eigenvalue weighted by atomic mass is 32.1. The number of carbonyl (C=O) groups excluding carboxylic acids is 1. The predicted molar refractivity (Wildman–Crippen MR) is 114 cm³/mol. The van der Waals surface area contributed by atoms with Crippen LogP contribution in [0.3, 0.4) is 0 Å². The highest BCUT2D eigenvalue weighted by molar-refractivity contribution is 7.13. The largest absolute Gasteiger partial charge is 0.337 e. The van der Waals surface area contributed by atoms with Crippen LogP contribution in [-0.4, -0.2) is 32.6 Å². The van der Waals surface area contributed by atoms with Gasteiger partial charge in [-0.15, -0.1) is 11.3 Å². The molecule has 0 N–H and O–H groups in total. The number of hydrogen-bond donors (Lipinski definition) is 0. The zero-order chi connectivity index (χ0) is 20.5. The molecule has 1 amide bonds. The van der Waals surface area contributed by atoms with Crippen molar-refractivity contribution in [2.24, 2.45) is 7.05 Å². The molecule has 0 aliphatic carbocycles.